The van der Waals surface area contributed by atoms with Crippen molar-refractivity contribution in [3.05, 3.63) is 52.5 Å². The van der Waals surface area contributed by atoms with Crippen LogP contribution < -0.4 is 10.1 Å². The summed E-state index contributed by atoms with van der Waals surface area (Å²) in [6.07, 6.45) is 4.09. The Balaban J connectivity index is 2.17. The number of hydrogen-bond acceptors (Lipinski definition) is 2. The first-order valence-electron chi connectivity index (χ1n) is 5.69. The van der Waals surface area contributed by atoms with Gasteiger partial charge < -0.3 is 10.1 Å². The van der Waals surface area contributed by atoms with E-state index < -0.39 is 0 Å². The predicted octanol–water partition coefficient (Wildman–Crippen LogP) is 4.58. The third-order valence-electron chi connectivity index (χ3n) is 3.00. The van der Waals surface area contributed by atoms with Crippen LogP contribution in [0.5, 0.6) is 5.75 Å². The predicted molar refractivity (Wildman–Crippen MR) is 76.7 cm³/mol. The van der Waals surface area contributed by atoms with Gasteiger partial charge >= 0.3 is 0 Å². The van der Waals surface area contributed by atoms with E-state index in [1.165, 1.54) is 0 Å². The van der Waals surface area contributed by atoms with E-state index in [2.05, 4.69) is 5.32 Å². The van der Waals surface area contributed by atoms with Crippen molar-refractivity contribution in [2.75, 3.05) is 12.4 Å². The molecule has 0 aromatic heterocycles. The fourth-order valence-electron chi connectivity index (χ4n) is 2.11. The van der Waals surface area contributed by atoms with Crippen LogP contribution in [0.1, 0.15) is 11.1 Å². The van der Waals surface area contributed by atoms with Gasteiger partial charge in [0.15, 0.2) is 0 Å². The fraction of sp³-hybridized carbons (Fsp3) is 0.0667. The van der Waals surface area contributed by atoms with Crippen LogP contribution in [0.25, 0.3) is 12.2 Å². The molecule has 0 spiro atoms. The van der Waals surface area contributed by atoms with Crippen LogP contribution in [0.15, 0.2) is 36.4 Å². The number of anilines is 2. The zero-order valence-electron chi connectivity index (χ0n) is 9.91. The molecular formula is C15H12ClNO. The lowest BCUT2D eigenvalue weighted by molar-refractivity contribution is 0.414. The SMILES string of the molecule is COc1cccc2c1C=Cc1cc(Cl)ccc1N2. The zero-order valence-corrected chi connectivity index (χ0v) is 10.7. The van der Waals surface area contributed by atoms with Gasteiger partial charge in [0, 0.05) is 22.0 Å². The van der Waals surface area contributed by atoms with E-state index in [-0.39, 0.29) is 0 Å². The quantitative estimate of drug-likeness (QED) is 0.689. The van der Waals surface area contributed by atoms with Crippen molar-refractivity contribution in [3.63, 3.8) is 0 Å². The first kappa shape index (κ1) is 11.2. The van der Waals surface area contributed by atoms with Gasteiger partial charge in [-0.1, -0.05) is 23.7 Å². The van der Waals surface area contributed by atoms with Gasteiger partial charge in [0.05, 0.1) is 7.11 Å². The molecule has 18 heavy (non-hydrogen) atoms. The van der Waals surface area contributed by atoms with Crippen molar-refractivity contribution in [2.45, 2.75) is 0 Å². The topological polar surface area (TPSA) is 21.3 Å². The van der Waals surface area contributed by atoms with Gasteiger partial charge in [-0.15, -0.1) is 0 Å². The molecule has 0 saturated carbocycles. The van der Waals surface area contributed by atoms with Crippen LogP contribution in [-0.2, 0) is 0 Å². The second-order valence-electron chi connectivity index (χ2n) is 4.11. The lowest BCUT2D eigenvalue weighted by Gasteiger charge is -2.12. The van der Waals surface area contributed by atoms with Gasteiger partial charge in [-0.3, -0.25) is 0 Å². The Labute approximate surface area is 111 Å². The molecule has 1 aliphatic heterocycles. The molecule has 1 aliphatic rings. The second kappa shape index (κ2) is 4.39. The number of ether oxygens (including phenoxy) is 1. The molecule has 2 aromatic rings. The van der Waals surface area contributed by atoms with Crippen LogP contribution >= 0.6 is 11.6 Å². The average Bonchev–Trinajstić information content (AvgIpc) is 2.57. The summed E-state index contributed by atoms with van der Waals surface area (Å²) in [5.74, 6) is 0.857. The Morgan fingerprint density at radius 1 is 1.06 bits per heavy atom. The van der Waals surface area contributed by atoms with Crippen molar-refractivity contribution in [1.82, 2.24) is 0 Å². The third kappa shape index (κ3) is 1.85. The summed E-state index contributed by atoms with van der Waals surface area (Å²) in [6, 6.07) is 11.8. The van der Waals surface area contributed by atoms with Crippen LogP contribution in [0.4, 0.5) is 11.4 Å². The molecule has 0 amide bonds. The van der Waals surface area contributed by atoms with E-state index >= 15 is 0 Å². The summed E-state index contributed by atoms with van der Waals surface area (Å²) in [5.41, 5.74) is 4.20. The molecule has 1 heterocycles. The minimum atomic E-state index is 0.734. The Kier molecular flexibility index (Phi) is 2.73. The maximum Gasteiger partial charge on any atom is 0.128 e. The molecular weight excluding hydrogens is 246 g/mol. The zero-order chi connectivity index (χ0) is 12.5. The molecule has 0 atom stereocenters. The Bertz CT molecular complexity index is 634. The summed E-state index contributed by atoms with van der Waals surface area (Å²) in [4.78, 5) is 0. The summed E-state index contributed by atoms with van der Waals surface area (Å²) >= 11 is 6.01. The first-order valence-corrected chi connectivity index (χ1v) is 6.07. The third-order valence-corrected chi connectivity index (χ3v) is 3.23. The fourth-order valence-corrected chi connectivity index (χ4v) is 2.29. The smallest absolute Gasteiger partial charge is 0.128 e. The number of methoxy groups -OCH3 is 1. The highest BCUT2D eigenvalue weighted by molar-refractivity contribution is 6.30. The standard InChI is InChI=1S/C15H12ClNO/c1-18-15-4-2-3-14-12(15)7-5-10-9-11(16)6-8-13(10)17-14/h2-9,17H,1H3. The molecule has 0 fully saturated rings. The molecule has 0 bridgehead atoms. The van der Waals surface area contributed by atoms with E-state index in [1.54, 1.807) is 7.11 Å². The molecule has 1 N–H and O–H groups in total. The maximum absolute atomic E-state index is 6.01. The summed E-state index contributed by atoms with van der Waals surface area (Å²) in [7, 11) is 1.68. The van der Waals surface area contributed by atoms with Crippen LogP contribution in [0, 0.1) is 0 Å². The average molecular weight is 258 g/mol. The van der Waals surface area contributed by atoms with Crippen LogP contribution in [0.3, 0.4) is 0 Å². The lowest BCUT2D eigenvalue weighted by atomic mass is 10.1. The maximum atomic E-state index is 6.01. The van der Waals surface area contributed by atoms with E-state index in [4.69, 9.17) is 16.3 Å². The normalized spacial score (nSPS) is 12.1. The lowest BCUT2D eigenvalue weighted by Crippen LogP contribution is -1.95. The highest BCUT2D eigenvalue weighted by atomic mass is 35.5. The van der Waals surface area contributed by atoms with Crippen molar-refractivity contribution in [2.24, 2.45) is 0 Å². The Morgan fingerprint density at radius 2 is 1.94 bits per heavy atom. The monoisotopic (exact) mass is 257 g/mol. The molecule has 90 valence electrons. The van der Waals surface area contributed by atoms with E-state index in [1.807, 2.05) is 48.6 Å². The minimum Gasteiger partial charge on any atom is -0.496 e. The molecule has 3 rings (SSSR count). The molecule has 2 nitrogen and oxygen atoms in total. The summed E-state index contributed by atoms with van der Waals surface area (Å²) in [5, 5.41) is 4.14. The summed E-state index contributed by atoms with van der Waals surface area (Å²) in [6.45, 7) is 0. The van der Waals surface area contributed by atoms with Crippen molar-refractivity contribution in [1.29, 1.82) is 0 Å². The van der Waals surface area contributed by atoms with Gasteiger partial charge in [0.25, 0.3) is 0 Å². The van der Waals surface area contributed by atoms with Crippen molar-refractivity contribution < 1.29 is 4.74 Å². The molecule has 0 saturated heterocycles. The van der Waals surface area contributed by atoms with Gasteiger partial charge in [-0.25, -0.2) is 0 Å². The van der Waals surface area contributed by atoms with E-state index in [9.17, 15) is 0 Å². The Morgan fingerprint density at radius 3 is 2.78 bits per heavy atom. The second-order valence-corrected chi connectivity index (χ2v) is 4.55. The molecule has 0 aliphatic carbocycles. The van der Waals surface area contributed by atoms with Crippen molar-refractivity contribution in [3.8, 4) is 5.75 Å². The van der Waals surface area contributed by atoms with Crippen molar-refractivity contribution >= 4 is 35.1 Å². The largest absolute Gasteiger partial charge is 0.496 e. The molecule has 3 heteroatoms. The number of hydrogen-bond donors (Lipinski definition) is 1. The highest BCUT2D eigenvalue weighted by Gasteiger charge is 2.11. The Hall–Kier alpha value is -1.93. The van der Waals surface area contributed by atoms with Gasteiger partial charge in [0.1, 0.15) is 5.75 Å². The number of benzene rings is 2. The van der Waals surface area contributed by atoms with Crippen LogP contribution in [0.2, 0.25) is 5.02 Å². The number of nitrogens with one attached hydrogen (secondary N) is 1. The van der Waals surface area contributed by atoms with E-state index in [0.717, 1.165) is 33.3 Å². The number of halogens is 1. The van der Waals surface area contributed by atoms with Gasteiger partial charge in [0.2, 0.25) is 0 Å². The highest BCUT2D eigenvalue weighted by Crippen LogP contribution is 2.35. The minimum absolute atomic E-state index is 0.734. The summed E-state index contributed by atoms with van der Waals surface area (Å²) < 4.78 is 5.37. The van der Waals surface area contributed by atoms with Gasteiger partial charge in [-0.05, 0) is 42.0 Å². The van der Waals surface area contributed by atoms with Gasteiger partial charge in [-0.2, -0.15) is 0 Å². The first-order chi connectivity index (χ1) is 8.78. The molecule has 0 unspecified atom stereocenters. The number of rotatable bonds is 1. The number of fused-ring (bicyclic) bond motifs is 2. The molecule has 2 aromatic carbocycles. The van der Waals surface area contributed by atoms with Crippen LogP contribution in [-0.4, -0.2) is 7.11 Å². The molecule has 0 radical (unpaired) electrons. The van der Waals surface area contributed by atoms with E-state index in [0.29, 0.717) is 0 Å².